The Morgan fingerprint density at radius 3 is 2.44 bits per heavy atom. The molecule has 1 aliphatic heterocycles. The van der Waals surface area contributed by atoms with E-state index in [0.717, 1.165) is 54.0 Å². The van der Waals surface area contributed by atoms with Crippen LogP contribution >= 0.6 is 11.6 Å². The monoisotopic (exact) mass is 381 g/mol. The molecule has 1 amide bonds. The van der Waals surface area contributed by atoms with Gasteiger partial charge in [0.1, 0.15) is 12.1 Å². The molecule has 2 N–H and O–H groups in total. The quantitative estimate of drug-likeness (QED) is 0.755. The van der Waals surface area contributed by atoms with Crippen LogP contribution in [0.1, 0.15) is 10.4 Å². The Morgan fingerprint density at radius 2 is 1.74 bits per heavy atom. The first-order valence-electron chi connectivity index (χ1n) is 8.81. The van der Waals surface area contributed by atoms with Gasteiger partial charge >= 0.3 is 0 Å². The first-order chi connectivity index (χ1) is 13.0. The number of primary amides is 1. The molecule has 3 aromatic rings. The van der Waals surface area contributed by atoms with Crippen molar-refractivity contribution in [1.82, 2.24) is 14.9 Å². The summed E-state index contributed by atoms with van der Waals surface area (Å²) in [5.41, 5.74) is 8.48. The van der Waals surface area contributed by atoms with Gasteiger partial charge in [-0.1, -0.05) is 23.7 Å². The maximum atomic E-state index is 11.4. The number of carbonyl (C=O) groups excluding carboxylic acids is 1. The molecule has 4 rings (SSSR count). The summed E-state index contributed by atoms with van der Waals surface area (Å²) in [6.07, 6.45) is 1.62. The summed E-state index contributed by atoms with van der Waals surface area (Å²) in [7, 11) is 2.13. The van der Waals surface area contributed by atoms with E-state index >= 15 is 0 Å². The van der Waals surface area contributed by atoms with Gasteiger partial charge in [-0.3, -0.25) is 4.79 Å². The van der Waals surface area contributed by atoms with Crippen LogP contribution in [0, 0.1) is 0 Å². The van der Waals surface area contributed by atoms with Crippen LogP contribution in [-0.4, -0.2) is 54.0 Å². The third kappa shape index (κ3) is 3.46. The largest absolute Gasteiger partial charge is 0.366 e. The first-order valence-corrected chi connectivity index (χ1v) is 9.19. The summed E-state index contributed by atoms with van der Waals surface area (Å²) >= 11 is 6.22. The van der Waals surface area contributed by atoms with Gasteiger partial charge in [0.2, 0.25) is 5.91 Å². The molecular formula is C20H20ClN5O. The first kappa shape index (κ1) is 17.7. The molecule has 2 heterocycles. The number of amides is 1. The number of piperazine rings is 1. The molecule has 1 aromatic heterocycles. The van der Waals surface area contributed by atoms with Gasteiger partial charge in [-0.05, 0) is 42.4 Å². The van der Waals surface area contributed by atoms with Gasteiger partial charge in [0.25, 0.3) is 0 Å². The highest BCUT2D eigenvalue weighted by atomic mass is 35.5. The lowest BCUT2D eigenvalue weighted by molar-refractivity contribution is 0.100. The number of fused-ring (bicyclic) bond motifs is 1. The molecule has 7 heteroatoms. The van der Waals surface area contributed by atoms with Crippen molar-refractivity contribution < 1.29 is 4.79 Å². The Labute approximate surface area is 162 Å². The van der Waals surface area contributed by atoms with Crippen molar-refractivity contribution in [3.8, 4) is 11.1 Å². The minimum absolute atomic E-state index is 0.322. The van der Waals surface area contributed by atoms with Crippen LogP contribution in [0.3, 0.4) is 0 Å². The van der Waals surface area contributed by atoms with E-state index in [2.05, 4.69) is 32.9 Å². The predicted octanol–water partition coefficient (Wildman–Crippen LogP) is 2.80. The fourth-order valence-corrected chi connectivity index (χ4v) is 3.66. The van der Waals surface area contributed by atoms with Crippen LogP contribution in [-0.2, 0) is 0 Å². The molecule has 6 nitrogen and oxygen atoms in total. The molecule has 0 atom stereocenters. The van der Waals surface area contributed by atoms with Crippen LogP contribution in [0.15, 0.2) is 42.7 Å². The number of aromatic nitrogens is 2. The summed E-state index contributed by atoms with van der Waals surface area (Å²) in [5.74, 6) is 0.422. The third-order valence-electron chi connectivity index (χ3n) is 4.98. The van der Waals surface area contributed by atoms with Crippen molar-refractivity contribution in [2.75, 3.05) is 38.1 Å². The van der Waals surface area contributed by atoms with Crippen LogP contribution in [0.4, 0.5) is 5.82 Å². The maximum Gasteiger partial charge on any atom is 0.250 e. The molecule has 1 fully saturated rings. The van der Waals surface area contributed by atoms with Crippen molar-refractivity contribution in [3.63, 3.8) is 0 Å². The minimum atomic E-state index is -0.532. The summed E-state index contributed by atoms with van der Waals surface area (Å²) < 4.78 is 0. The minimum Gasteiger partial charge on any atom is -0.366 e. The topological polar surface area (TPSA) is 75.3 Å². The normalized spacial score (nSPS) is 15.3. The number of halogens is 1. The zero-order chi connectivity index (χ0) is 19.0. The third-order valence-corrected chi connectivity index (χ3v) is 5.30. The number of hydrogen-bond donors (Lipinski definition) is 1. The second-order valence-corrected chi connectivity index (χ2v) is 7.19. The molecule has 0 saturated carbocycles. The lowest BCUT2D eigenvalue weighted by Gasteiger charge is -2.33. The highest BCUT2D eigenvalue weighted by Crippen LogP contribution is 2.31. The van der Waals surface area contributed by atoms with Gasteiger partial charge in [0.15, 0.2) is 0 Å². The van der Waals surface area contributed by atoms with E-state index < -0.39 is 5.91 Å². The molecule has 0 bridgehead atoms. The number of nitrogens with two attached hydrogens (primary N) is 1. The lowest BCUT2D eigenvalue weighted by Crippen LogP contribution is -2.44. The second-order valence-electron chi connectivity index (χ2n) is 6.78. The Bertz CT molecular complexity index is 1010. The van der Waals surface area contributed by atoms with Crippen molar-refractivity contribution in [3.05, 3.63) is 53.3 Å². The van der Waals surface area contributed by atoms with Gasteiger partial charge in [-0.15, -0.1) is 0 Å². The van der Waals surface area contributed by atoms with E-state index in [1.165, 1.54) is 0 Å². The van der Waals surface area contributed by atoms with E-state index in [0.29, 0.717) is 10.6 Å². The number of anilines is 1. The number of benzene rings is 2. The number of rotatable bonds is 3. The molecule has 0 spiro atoms. The molecule has 2 aromatic carbocycles. The molecule has 1 aliphatic rings. The fourth-order valence-electron chi connectivity index (χ4n) is 3.39. The number of hydrogen-bond acceptors (Lipinski definition) is 5. The molecule has 27 heavy (non-hydrogen) atoms. The Kier molecular flexibility index (Phi) is 4.68. The van der Waals surface area contributed by atoms with Gasteiger partial charge < -0.3 is 15.5 Å². The van der Waals surface area contributed by atoms with Crippen LogP contribution in [0.5, 0.6) is 0 Å². The van der Waals surface area contributed by atoms with E-state index in [1.807, 2.05) is 18.2 Å². The molecule has 0 aliphatic carbocycles. The molecule has 1 saturated heterocycles. The van der Waals surface area contributed by atoms with Crippen molar-refractivity contribution in [2.24, 2.45) is 5.73 Å². The van der Waals surface area contributed by atoms with Crippen LogP contribution in [0.2, 0.25) is 5.02 Å². The highest BCUT2D eigenvalue weighted by molar-refractivity contribution is 6.34. The lowest BCUT2D eigenvalue weighted by atomic mass is 10.0. The van der Waals surface area contributed by atoms with Crippen molar-refractivity contribution in [1.29, 1.82) is 0 Å². The molecular weight excluding hydrogens is 362 g/mol. The molecule has 0 unspecified atom stereocenters. The SMILES string of the molecule is CN1CCN(c2ncnc3ccc(-c4ccc(C(N)=O)c(Cl)c4)cc23)CC1. The fraction of sp³-hybridized carbons (Fsp3) is 0.250. The summed E-state index contributed by atoms with van der Waals surface area (Å²) in [6, 6.07) is 11.3. The summed E-state index contributed by atoms with van der Waals surface area (Å²) in [5, 5.41) is 1.36. The van der Waals surface area contributed by atoms with Crippen LogP contribution in [0.25, 0.3) is 22.0 Å². The predicted molar refractivity (Wildman–Crippen MR) is 108 cm³/mol. The van der Waals surface area contributed by atoms with Crippen molar-refractivity contribution >= 4 is 34.2 Å². The zero-order valence-corrected chi connectivity index (χ0v) is 15.8. The smallest absolute Gasteiger partial charge is 0.250 e. The Morgan fingerprint density at radius 1 is 1.04 bits per heavy atom. The number of carbonyl (C=O) groups is 1. The van der Waals surface area contributed by atoms with E-state index in [1.54, 1.807) is 18.5 Å². The summed E-state index contributed by atoms with van der Waals surface area (Å²) in [4.78, 5) is 25.0. The standard InChI is InChI=1S/C20H20ClN5O/c1-25-6-8-26(9-7-25)20-16-10-13(3-5-18(16)23-12-24-20)14-2-4-15(19(22)27)17(21)11-14/h2-5,10-12H,6-9H2,1H3,(H2,22,27). The molecule has 138 valence electrons. The average molecular weight is 382 g/mol. The highest BCUT2D eigenvalue weighted by Gasteiger charge is 2.18. The van der Waals surface area contributed by atoms with Gasteiger partial charge in [0, 0.05) is 31.6 Å². The van der Waals surface area contributed by atoms with E-state index in [-0.39, 0.29) is 0 Å². The van der Waals surface area contributed by atoms with E-state index in [4.69, 9.17) is 17.3 Å². The number of nitrogens with zero attached hydrogens (tertiary/aromatic N) is 4. The van der Waals surface area contributed by atoms with Crippen LogP contribution < -0.4 is 10.6 Å². The van der Waals surface area contributed by atoms with Crippen molar-refractivity contribution in [2.45, 2.75) is 0 Å². The molecule has 0 radical (unpaired) electrons. The van der Waals surface area contributed by atoms with Gasteiger partial charge in [-0.2, -0.15) is 0 Å². The Hall–Kier alpha value is -2.70. The average Bonchev–Trinajstić information content (AvgIpc) is 2.67. The van der Waals surface area contributed by atoms with E-state index in [9.17, 15) is 4.79 Å². The second kappa shape index (κ2) is 7.13. The summed E-state index contributed by atoms with van der Waals surface area (Å²) in [6.45, 7) is 3.89. The zero-order valence-electron chi connectivity index (χ0n) is 15.0. The maximum absolute atomic E-state index is 11.4. The van der Waals surface area contributed by atoms with Gasteiger partial charge in [-0.25, -0.2) is 9.97 Å². The Balaban J connectivity index is 1.76. The van der Waals surface area contributed by atoms with Gasteiger partial charge in [0.05, 0.1) is 16.1 Å². The number of likely N-dealkylation sites (N-methyl/N-ethyl adjacent to an activating group) is 1.